The fraction of sp³-hybridized carbons (Fsp3) is 0.400. The lowest BCUT2D eigenvalue weighted by Crippen LogP contribution is -2.43. The number of halogens is 1. The summed E-state index contributed by atoms with van der Waals surface area (Å²) < 4.78 is 13.6. The van der Waals surface area contributed by atoms with Crippen LogP contribution in [0, 0.1) is 11.2 Å². The summed E-state index contributed by atoms with van der Waals surface area (Å²) in [5, 5.41) is 14.1. The molecule has 0 spiro atoms. The molecule has 8 heteroatoms. The smallest absolute Gasteiger partial charge is 0.319 e. The van der Waals surface area contributed by atoms with Gasteiger partial charge in [-0.25, -0.2) is 9.18 Å². The molecule has 0 bridgehead atoms. The molecule has 0 aromatic heterocycles. The van der Waals surface area contributed by atoms with E-state index in [9.17, 15) is 23.9 Å². The third-order valence-electron chi connectivity index (χ3n) is 3.89. The number of primary amides is 1. The number of nitrogens with two attached hydrogens (primary N) is 1. The monoisotopic (exact) mass is 325 g/mol. The van der Waals surface area contributed by atoms with Crippen molar-refractivity contribution in [3.8, 4) is 0 Å². The van der Waals surface area contributed by atoms with Crippen molar-refractivity contribution in [1.29, 1.82) is 0 Å². The number of carbonyl (C=O) groups excluding carboxylic acids is 2. The summed E-state index contributed by atoms with van der Waals surface area (Å²) in [6.45, 7) is 3.41. The van der Waals surface area contributed by atoms with Crippen molar-refractivity contribution in [2.24, 2.45) is 11.1 Å². The van der Waals surface area contributed by atoms with Gasteiger partial charge in [0.2, 0.25) is 0 Å². The number of carboxylic acids is 1. The number of carboxylic acid groups (broad SMARTS) is 1. The molecule has 0 fully saturated rings. The molecular weight excluding hydrogens is 305 g/mol. The molecule has 7 nitrogen and oxygen atoms in total. The predicted molar refractivity (Wildman–Crippen MR) is 82.6 cm³/mol. The van der Waals surface area contributed by atoms with Crippen molar-refractivity contribution >= 4 is 23.6 Å². The summed E-state index contributed by atoms with van der Waals surface area (Å²) in [5.74, 6) is -2.74. The van der Waals surface area contributed by atoms with Crippen LogP contribution in [0.4, 0.5) is 14.9 Å². The normalized spacial score (nSPS) is 10.9. The highest BCUT2D eigenvalue weighted by Gasteiger charge is 2.35. The van der Waals surface area contributed by atoms with Gasteiger partial charge in [0.1, 0.15) is 5.82 Å². The standard InChI is InChI=1S/C15H20FN3O4/c1-3-15(4-2,13(21)22)8-18-14(23)19-9-5-6-10(12(17)20)11(16)7-9/h5-7H,3-4,8H2,1-2H3,(H2,17,20)(H,21,22)(H2,18,19,23). The molecule has 0 aliphatic heterocycles. The minimum Gasteiger partial charge on any atom is -0.481 e. The van der Waals surface area contributed by atoms with Gasteiger partial charge in [-0.3, -0.25) is 9.59 Å². The number of anilines is 1. The first-order chi connectivity index (χ1) is 10.8. The maximum Gasteiger partial charge on any atom is 0.319 e. The zero-order chi connectivity index (χ0) is 17.6. The highest BCUT2D eigenvalue weighted by atomic mass is 19.1. The molecule has 1 aromatic carbocycles. The van der Waals surface area contributed by atoms with Crippen LogP contribution in [0.1, 0.15) is 37.0 Å². The third-order valence-corrected chi connectivity index (χ3v) is 3.89. The second-order valence-electron chi connectivity index (χ2n) is 5.16. The average molecular weight is 325 g/mol. The molecule has 0 atom stereocenters. The number of hydrogen-bond acceptors (Lipinski definition) is 3. The van der Waals surface area contributed by atoms with Crippen LogP contribution in [-0.4, -0.2) is 29.6 Å². The highest BCUT2D eigenvalue weighted by Crippen LogP contribution is 2.25. The number of urea groups is 1. The Balaban J connectivity index is 2.72. The predicted octanol–water partition coefficient (Wildman–Crippen LogP) is 1.94. The molecule has 1 aromatic rings. The first-order valence-corrected chi connectivity index (χ1v) is 7.13. The first-order valence-electron chi connectivity index (χ1n) is 7.13. The largest absolute Gasteiger partial charge is 0.481 e. The van der Waals surface area contributed by atoms with Crippen LogP contribution in [0.15, 0.2) is 18.2 Å². The van der Waals surface area contributed by atoms with Crippen LogP contribution in [0.25, 0.3) is 0 Å². The Morgan fingerprint density at radius 1 is 1.26 bits per heavy atom. The number of hydrogen-bond donors (Lipinski definition) is 4. The number of carbonyl (C=O) groups is 3. The van der Waals surface area contributed by atoms with E-state index in [4.69, 9.17) is 5.73 Å². The van der Waals surface area contributed by atoms with Gasteiger partial charge in [-0.15, -0.1) is 0 Å². The van der Waals surface area contributed by atoms with Crippen LogP contribution in [-0.2, 0) is 4.79 Å². The molecule has 0 unspecified atom stereocenters. The van der Waals surface area contributed by atoms with Crippen molar-refractivity contribution in [3.05, 3.63) is 29.6 Å². The van der Waals surface area contributed by atoms with E-state index in [1.54, 1.807) is 13.8 Å². The number of amides is 3. The van der Waals surface area contributed by atoms with E-state index >= 15 is 0 Å². The molecule has 0 aliphatic rings. The van der Waals surface area contributed by atoms with Crippen LogP contribution in [0.3, 0.4) is 0 Å². The molecule has 1 rings (SSSR count). The van der Waals surface area contributed by atoms with Gasteiger partial charge in [0.05, 0.1) is 11.0 Å². The van der Waals surface area contributed by atoms with E-state index in [1.165, 1.54) is 6.07 Å². The van der Waals surface area contributed by atoms with E-state index in [0.717, 1.165) is 12.1 Å². The Hall–Kier alpha value is -2.64. The van der Waals surface area contributed by atoms with Crippen molar-refractivity contribution in [2.75, 3.05) is 11.9 Å². The number of rotatable bonds is 7. The van der Waals surface area contributed by atoms with E-state index in [-0.39, 0.29) is 17.8 Å². The zero-order valence-corrected chi connectivity index (χ0v) is 13.0. The summed E-state index contributed by atoms with van der Waals surface area (Å²) in [7, 11) is 0. The fourth-order valence-corrected chi connectivity index (χ4v) is 2.10. The molecule has 0 aliphatic carbocycles. The quantitative estimate of drug-likeness (QED) is 0.612. The number of nitrogens with one attached hydrogen (secondary N) is 2. The van der Waals surface area contributed by atoms with Crippen molar-refractivity contribution in [3.63, 3.8) is 0 Å². The zero-order valence-electron chi connectivity index (χ0n) is 13.0. The molecule has 3 amide bonds. The molecule has 0 heterocycles. The van der Waals surface area contributed by atoms with Gasteiger partial charge in [0.15, 0.2) is 0 Å². The Morgan fingerprint density at radius 2 is 1.87 bits per heavy atom. The number of aliphatic carboxylic acids is 1. The van der Waals surface area contributed by atoms with E-state index in [2.05, 4.69) is 10.6 Å². The molecular formula is C15H20FN3O4. The summed E-state index contributed by atoms with van der Waals surface area (Å²) in [4.78, 5) is 34.1. The first kappa shape index (κ1) is 18.4. The lowest BCUT2D eigenvalue weighted by Gasteiger charge is -2.26. The minimum atomic E-state index is -1.04. The lowest BCUT2D eigenvalue weighted by molar-refractivity contribution is -0.149. The summed E-state index contributed by atoms with van der Waals surface area (Å²) in [6.07, 6.45) is 0.724. The third kappa shape index (κ3) is 4.41. The fourth-order valence-electron chi connectivity index (χ4n) is 2.10. The second kappa shape index (κ2) is 7.57. The van der Waals surface area contributed by atoms with Crippen LogP contribution >= 0.6 is 0 Å². The Labute approximate surface area is 133 Å². The Kier molecular flexibility index (Phi) is 6.06. The molecule has 126 valence electrons. The van der Waals surface area contributed by atoms with E-state index < -0.39 is 29.1 Å². The molecule has 0 radical (unpaired) electrons. The average Bonchev–Trinajstić information content (AvgIpc) is 2.48. The summed E-state index contributed by atoms with van der Waals surface area (Å²) in [5.41, 5.74) is 3.79. The molecule has 23 heavy (non-hydrogen) atoms. The van der Waals surface area contributed by atoms with Gasteiger partial charge in [0.25, 0.3) is 5.91 Å². The van der Waals surface area contributed by atoms with Crippen LogP contribution in [0.5, 0.6) is 0 Å². The van der Waals surface area contributed by atoms with Crippen molar-refractivity contribution < 1.29 is 23.9 Å². The van der Waals surface area contributed by atoms with Crippen LogP contribution in [0.2, 0.25) is 0 Å². The maximum absolute atomic E-state index is 13.6. The Bertz CT molecular complexity index is 615. The van der Waals surface area contributed by atoms with Gasteiger partial charge >= 0.3 is 12.0 Å². The summed E-state index contributed by atoms with van der Waals surface area (Å²) in [6, 6.07) is 2.78. The van der Waals surface area contributed by atoms with Gasteiger partial charge in [-0.05, 0) is 31.0 Å². The lowest BCUT2D eigenvalue weighted by atomic mass is 9.82. The van der Waals surface area contributed by atoms with E-state index in [1.807, 2.05) is 0 Å². The molecule has 0 saturated heterocycles. The summed E-state index contributed by atoms with van der Waals surface area (Å²) >= 11 is 0. The second-order valence-corrected chi connectivity index (χ2v) is 5.16. The van der Waals surface area contributed by atoms with Crippen molar-refractivity contribution in [1.82, 2.24) is 5.32 Å². The maximum atomic E-state index is 13.6. The van der Waals surface area contributed by atoms with Gasteiger partial charge < -0.3 is 21.5 Å². The Morgan fingerprint density at radius 3 is 2.30 bits per heavy atom. The minimum absolute atomic E-state index is 0.0526. The highest BCUT2D eigenvalue weighted by molar-refractivity contribution is 5.94. The SMILES string of the molecule is CCC(CC)(CNC(=O)Nc1ccc(C(N)=O)c(F)c1)C(=O)O. The van der Waals surface area contributed by atoms with E-state index in [0.29, 0.717) is 12.8 Å². The molecule has 5 N–H and O–H groups in total. The van der Waals surface area contributed by atoms with Gasteiger partial charge in [-0.2, -0.15) is 0 Å². The number of benzene rings is 1. The van der Waals surface area contributed by atoms with Crippen LogP contribution < -0.4 is 16.4 Å². The van der Waals surface area contributed by atoms with Gasteiger partial charge in [-0.1, -0.05) is 13.8 Å². The van der Waals surface area contributed by atoms with Gasteiger partial charge in [0, 0.05) is 12.2 Å². The van der Waals surface area contributed by atoms with Crippen molar-refractivity contribution in [2.45, 2.75) is 26.7 Å². The molecule has 0 saturated carbocycles. The topological polar surface area (TPSA) is 122 Å².